The first-order valence-electron chi connectivity index (χ1n) is 6.34. The van der Waals surface area contributed by atoms with E-state index in [1.807, 2.05) is 12.1 Å². The molecule has 4 heteroatoms. The average molecular weight is 266 g/mol. The molecule has 0 bridgehead atoms. The summed E-state index contributed by atoms with van der Waals surface area (Å²) in [7, 11) is 0. The molecule has 2 aromatic carbocycles. The molecule has 4 nitrogen and oxygen atoms in total. The summed E-state index contributed by atoms with van der Waals surface area (Å²) < 4.78 is 10.9. The number of fused-ring (bicyclic) bond motifs is 3. The standard InChI is InChI=1S/C16H10O4/c17-14-11-6-2-1-5-10(11)9-16(19-14)13-8-4-3-7-12(13)15(18)20-16/h1-8H,9H2. The van der Waals surface area contributed by atoms with Gasteiger partial charge >= 0.3 is 11.9 Å². The number of carbonyl (C=O) groups is 2. The first-order valence-corrected chi connectivity index (χ1v) is 6.34. The topological polar surface area (TPSA) is 52.6 Å². The summed E-state index contributed by atoms with van der Waals surface area (Å²) in [6, 6.07) is 14.2. The Morgan fingerprint density at radius 1 is 0.800 bits per heavy atom. The summed E-state index contributed by atoms with van der Waals surface area (Å²) in [4.78, 5) is 24.1. The van der Waals surface area contributed by atoms with Gasteiger partial charge in [-0.1, -0.05) is 36.4 Å². The van der Waals surface area contributed by atoms with Crippen molar-refractivity contribution in [2.24, 2.45) is 0 Å². The highest BCUT2D eigenvalue weighted by molar-refractivity contribution is 5.97. The second-order valence-electron chi connectivity index (χ2n) is 4.91. The number of carbonyl (C=O) groups excluding carboxylic acids is 2. The predicted molar refractivity (Wildman–Crippen MR) is 69.1 cm³/mol. The van der Waals surface area contributed by atoms with Gasteiger partial charge in [0.05, 0.1) is 23.1 Å². The lowest BCUT2D eigenvalue weighted by molar-refractivity contribution is -0.170. The molecule has 1 atom stereocenters. The van der Waals surface area contributed by atoms with Crippen LogP contribution in [0.2, 0.25) is 0 Å². The fraction of sp³-hybridized carbons (Fsp3) is 0.125. The highest BCUT2D eigenvalue weighted by Gasteiger charge is 2.51. The Morgan fingerprint density at radius 3 is 2.20 bits per heavy atom. The van der Waals surface area contributed by atoms with Crippen molar-refractivity contribution in [2.45, 2.75) is 12.2 Å². The first kappa shape index (κ1) is 11.2. The molecule has 20 heavy (non-hydrogen) atoms. The molecule has 98 valence electrons. The van der Waals surface area contributed by atoms with Crippen molar-refractivity contribution in [2.75, 3.05) is 0 Å². The molecule has 0 saturated heterocycles. The molecule has 0 amide bonds. The van der Waals surface area contributed by atoms with Crippen LogP contribution in [0.15, 0.2) is 48.5 Å². The van der Waals surface area contributed by atoms with Gasteiger partial charge in [0.25, 0.3) is 5.79 Å². The second kappa shape index (κ2) is 3.70. The van der Waals surface area contributed by atoms with Gasteiger partial charge in [0, 0.05) is 0 Å². The molecule has 1 spiro atoms. The molecule has 1 unspecified atom stereocenters. The average Bonchev–Trinajstić information content (AvgIpc) is 2.72. The molecule has 0 aromatic heterocycles. The van der Waals surface area contributed by atoms with Gasteiger partial charge in [-0.25, -0.2) is 9.59 Å². The molecule has 0 N–H and O–H groups in total. The molecular formula is C16H10O4. The minimum atomic E-state index is -1.31. The van der Waals surface area contributed by atoms with Crippen LogP contribution in [0.4, 0.5) is 0 Å². The van der Waals surface area contributed by atoms with Crippen molar-refractivity contribution < 1.29 is 19.1 Å². The Hall–Kier alpha value is -2.62. The zero-order valence-electron chi connectivity index (χ0n) is 10.5. The van der Waals surface area contributed by atoms with Crippen molar-refractivity contribution in [1.29, 1.82) is 0 Å². The van der Waals surface area contributed by atoms with Crippen LogP contribution in [0, 0.1) is 0 Å². The zero-order chi connectivity index (χ0) is 13.7. The predicted octanol–water partition coefficient (Wildman–Crippen LogP) is 2.42. The second-order valence-corrected chi connectivity index (χ2v) is 4.91. The number of rotatable bonds is 0. The van der Waals surface area contributed by atoms with Crippen molar-refractivity contribution in [3.63, 3.8) is 0 Å². The SMILES string of the molecule is O=C1OC2(Cc3ccccc31)OC(=O)c1ccccc12. The van der Waals surface area contributed by atoms with Crippen LogP contribution in [0.5, 0.6) is 0 Å². The molecule has 2 aliphatic rings. The number of esters is 2. The van der Waals surface area contributed by atoms with Crippen molar-refractivity contribution >= 4 is 11.9 Å². The van der Waals surface area contributed by atoms with Gasteiger partial charge in [0.1, 0.15) is 0 Å². The van der Waals surface area contributed by atoms with Crippen LogP contribution < -0.4 is 0 Å². The Balaban J connectivity index is 1.90. The molecule has 0 saturated carbocycles. The fourth-order valence-corrected chi connectivity index (χ4v) is 2.83. The number of hydrogen-bond donors (Lipinski definition) is 0. The fourth-order valence-electron chi connectivity index (χ4n) is 2.83. The number of ether oxygens (including phenoxy) is 2. The van der Waals surface area contributed by atoms with Crippen molar-refractivity contribution in [3.05, 3.63) is 70.8 Å². The summed E-state index contributed by atoms with van der Waals surface area (Å²) >= 11 is 0. The maximum Gasteiger partial charge on any atom is 0.342 e. The first-order chi connectivity index (χ1) is 9.70. The van der Waals surface area contributed by atoms with E-state index in [0.29, 0.717) is 23.1 Å². The van der Waals surface area contributed by atoms with E-state index in [1.165, 1.54) is 0 Å². The van der Waals surface area contributed by atoms with Crippen LogP contribution in [0.1, 0.15) is 31.8 Å². The van der Waals surface area contributed by atoms with E-state index < -0.39 is 17.7 Å². The van der Waals surface area contributed by atoms with E-state index in [-0.39, 0.29) is 0 Å². The summed E-state index contributed by atoms with van der Waals surface area (Å²) in [5.41, 5.74) is 2.43. The third-order valence-electron chi connectivity index (χ3n) is 3.73. The van der Waals surface area contributed by atoms with Crippen LogP contribution in [0.3, 0.4) is 0 Å². The molecule has 0 fully saturated rings. The monoisotopic (exact) mass is 266 g/mol. The summed E-state index contributed by atoms with van der Waals surface area (Å²) in [5, 5.41) is 0. The maximum absolute atomic E-state index is 12.1. The molecular weight excluding hydrogens is 256 g/mol. The molecule has 0 aliphatic carbocycles. The molecule has 4 rings (SSSR count). The van der Waals surface area contributed by atoms with E-state index in [1.54, 1.807) is 36.4 Å². The lowest BCUT2D eigenvalue weighted by Gasteiger charge is -2.32. The normalized spacial score (nSPS) is 23.0. The van der Waals surface area contributed by atoms with Gasteiger partial charge in [-0.05, 0) is 17.7 Å². The highest BCUT2D eigenvalue weighted by Crippen LogP contribution is 2.43. The van der Waals surface area contributed by atoms with Gasteiger partial charge in [0.2, 0.25) is 0 Å². The largest absolute Gasteiger partial charge is 0.414 e. The maximum atomic E-state index is 12.1. The van der Waals surface area contributed by atoms with Gasteiger partial charge in [-0.15, -0.1) is 0 Å². The number of benzene rings is 2. The van der Waals surface area contributed by atoms with E-state index in [2.05, 4.69) is 0 Å². The van der Waals surface area contributed by atoms with Crippen LogP contribution in [-0.2, 0) is 21.7 Å². The Kier molecular flexibility index (Phi) is 2.07. The summed E-state index contributed by atoms with van der Waals surface area (Å²) in [6.45, 7) is 0. The highest BCUT2D eigenvalue weighted by atomic mass is 16.7. The summed E-state index contributed by atoms with van der Waals surface area (Å²) in [5.74, 6) is -2.22. The van der Waals surface area contributed by atoms with Crippen molar-refractivity contribution in [1.82, 2.24) is 0 Å². The Labute approximate surface area is 114 Å². The van der Waals surface area contributed by atoms with E-state index in [4.69, 9.17) is 9.47 Å². The summed E-state index contributed by atoms with van der Waals surface area (Å²) in [6.07, 6.45) is 0.345. The molecule has 2 heterocycles. The van der Waals surface area contributed by atoms with Crippen LogP contribution >= 0.6 is 0 Å². The lowest BCUT2D eigenvalue weighted by Crippen LogP contribution is -2.39. The minimum absolute atomic E-state index is 0.345. The minimum Gasteiger partial charge on any atom is -0.414 e. The quantitative estimate of drug-likeness (QED) is 0.687. The molecule has 2 aromatic rings. The van der Waals surface area contributed by atoms with Gasteiger partial charge in [-0.2, -0.15) is 0 Å². The van der Waals surface area contributed by atoms with Crippen molar-refractivity contribution in [3.8, 4) is 0 Å². The van der Waals surface area contributed by atoms with E-state index in [0.717, 1.165) is 5.56 Å². The van der Waals surface area contributed by atoms with E-state index >= 15 is 0 Å². The van der Waals surface area contributed by atoms with E-state index in [9.17, 15) is 9.59 Å². The Bertz CT molecular complexity index is 750. The Morgan fingerprint density at radius 2 is 1.40 bits per heavy atom. The van der Waals surface area contributed by atoms with Gasteiger partial charge in [-0.3, -0.25) is 0 Å². The third-order valence-corrected chi connectivity index (χ3v) is 3.73. The third kappa shape index (κ3) is 1.36. The van der Waals surface area contributed by atoms with Gasteiger partial charge < -0.3 is 9.47 Å². The molecule has 2 aliphatic heterocycles. The lowest BCUT2D eigenvalue weighted by atomic mass is 9.91. The number of hydrogen-bond acceptors (Lipinski definition) is 4. The smallest absolute Gasteiger partial charge is 0.342 e. The van der Waals surface area contributed by atoms with Crippen LogP contribution in [-0.4, -0.2) is 11.9 Å². The van der Waals surface area contributed by atoms with Crippen LogP contribution in [0.25, 0.3) is 0 Å². The zero-order valence-corrected chi connectivity index (χ0v) is 10.5. The molecule has 0 radical (unpaired) electrons. The van der Waals surface area contributed by atoms with Gasteiger partial charge in [0.15, 0.2) is 0 Å².